The van der Waals surface area contributed by atoms with Crippen molar-refractivity contribution >= 4 is 11.5 Å². The van der Waals surface area contributed by atoms with E-state index in [1.807, 2.05) is 0 Å². The van der Waals surface area contributed by atoms with Crippen molar-refractivity contribution in [2.75, 3.05) is 44.6 Å². The summed E-state index contributed by atoms with van der Waals surface area (Å²) < 4.78 is 1.46. The lowest BCUT2D eigenvalue weighted by Gasteiger charge is -2.27. The molecule has 0 aromatic carbocycles. The second-order valence-corrected chi connectivity index (χ2v) is 4.93. The number of rotatable bonds is 4. The molecule has 20 heavy (non-hydrogen) atoms. The molecule has 3 rings (SSSR count). The lowest BCUT2D eigenvalue weighted by molar-refractivity contribution is 0.249. The van der Waals surface area contributed by atoms with E-state index < -0.39 is 0 Å². The van der Waals surface area contributed by atoms with Gasteiger partial charge in [0.1, 0.15) is 11.6 Å². The fourth-order valence-corrected chi connectivity index (χ4v) is 2.46. The number of aromatic nitrogens is 4. The zero-order chi connectivity index (χ0) is 13.9. The summed E-state index contributed by atoms with van der Waals surface area (Å²) in [5, 5.41) is 13.0. The second kappa shape index (κ2) is 5.59. The number of anilines is 1. The molecule has 8 nitrogen and oxygen atoms in total. The van der Waals surface area contributed by atoms with Gasteiger partial charge in [0.25, 0.3) is 0 Å². The minimum absolute atomic E-state index is 0.252. The summed E-state index contributed by atoms with van der Waals surface area (Å²) in [5.74, 6) is 1.38. The third kappa shape index (κ3) is 2.66. The molecule has 3 heterocycles. The molecule has 1 saturated heterocycles. The third-order valence-corrected chi connectivity index (χ3v) is 3.51. The van der Waals surface area contributed by atoms with Gasteiger partial charge < -0.3 is 10.6 Å². The van der Waals surface area contributed by atoms with Crippen LogP contribution in [0.2, 0.25) is 0 Å². The van der Waals surface area contributed by atoms with Crippen LogP contribution < -0.4 is 16.3 Å². The molecule has 2 aromatic heterocycles. The Morgan fingerprint density at radius 1 is 1.40 bits per heavy atom. The highest BCUT2D eigenvalue weighted by molar-refractivity contribution is 5.49. The molecule has 0 radical (unpaired) electrons. The van der Waals surface area contributed by atoms with E-state index in [1.165, 1.54) is 4.40 Å². The van der Waals surface area contributed by atoms with Crippen molar-refractivity contribution in [1.82, 2.24) is 29.8 Å². The van der Waals surface area contributed by atoms with Crippen molar-refractivity contribution in [3.05, 3.63) is 22.4 Å². The smallest absolute Gasteiger partial charge is 0.349 e. The van der Waals surface area contributed by atoms with Crippen LogP contribution in [0.25, 0.3) is 5.65 Å². The third-order valence-electron chi connectivity index (χ3n) is 3.51. The summed E-state index contributed by atoms with van der Waals surface area (Å²) in [6, 6.07) is 1.78. The first-order chi connectivity index (χ1) is 9.74. The highest BCUT2D eigenvalue weighted by Gasteiger charge is 2.09. The van der Waals surface area contributed by atoms with Crippen LogP contribution in [-0.2, 0) is 0 Å². The van der Waals surface area contributed by atoms with Crippen molar-refractivity contribution in [3.8, 4) is 0 Å². The minimum Gasteiger partial charge on any atom is -0.369 e. The number of H-pyrrole nitrogens is 1. The second-order valence-electron chi connectivity index (χ2n) is 4.93. The summed E-state index contributed by atoms with van der Waals surface area (Å²) in [6.45, 7) is 7.90. The number of fused-ring (bicyclic) bond motifs is 1. The molecule has 0 spiro atoms. The maximum absolute atomic E-state index is 11.5. The van der Waals surface area contributed by atoms with E-state index in [1.54, 1.807) is 13.0 Å². The van der Waals surface area contributed by atoms with Gasteiger partial charge in [-0.05, 0) is 6.92 Å². The zero-order valence-electron chi connectivity index (χ0n) is 11.5. The van der Waals surface area contributed by atoms with Crippen LogP contribution in [0.1, 0.15) is 5.82 Å². The molecule has 1 fully saturated rings. The van der Waals surface area contributed by atoms with Gasteiger partial charge in [-0.15, -0.1) is 0 Å². The summed E-state index contributed by atoms with van der Waals surface area (Å²) in [4.78, 5) is 18.3. The number of piperazine rings is 1. The molecular formula is C12H19N7O. The Labute approximate surface area is 116 Å². The Bertz CT molecular complexity index is 641. The number of nitrogens with one attached hydrogen (secondary N) is 3. The highest BCUT2D eigenvalue weighted by atomic mass is 16.1. The summed E-state index contributed by atoms with van der Waals surface area (Å²) in [5.41, 5.74) is 0.338. The van der Waals surface area contributed by atoms with Gasteiger partial charge in [0.2, 0.25) is 0 Å². The average Bonchev–Trinajstić information content (AvgIpc) is 2.82. The van der Waals surface area contributed by atoms with E-state index in [-0.39, 0.29) is 5.69 Å². The first-order valence-electron chi connectivity index (χ1n) is 6.86. The normalized spacial score (nSPS) is 16.6. The van der Waals surface area contributed by atoms with Crippen LogP contribution in [0.3, 0.4) is 0 Å². The van der Waals surface area contributed by atoms with E-state index in [9.17, 15) is 4.79 Å². The molecule has 1 aliphatic heterocycles. The first-order valence-corrected chi connectivity index (χ1v) is 6.86. The number of hydrogen-bond donors (Lipinski definition) is 3. The maximum atomic E-state index is 11.5. The monoisotopic (exact) mass is 277 g/mol. The predicted molar refractivity (Wildman–Crippen MR) is 76.1 cm³/mol. The van der Waals surface area contributed by atoms with Gasteiger partial charge in [-0.1, -0.05) is 0 Å². The average molecular weight is 277 g/mol. The van der Waals surface area contributed by atoms with Gasteiger partial charge in [0.05, 0.1) is 0 Å². The fraction of sp³-hybridized carbons (Fsp3) is 0.583. The zero-order valence-corrected chi connectivity index (χ0v) is 11.5. The molecule has 0 aliphatic carbocycles. The Hall–Kier alpha value is -1.93. The molecule has 0 bridgehead atoms. The van der Waals surface area contributed by atoms with Gasteiger partial charge in [-0.3, -0.25) is 4.90 Å². The maximum Gasteiger partial charge on any atom is 0.349 e. The lowest BCUT2D eigenvalue weighted by atomic mass is 10.3. The van der Waals surface area contributed by atoms with E-state index in [4.69, 9.17) is 0 Å². The number of nitrogens with zero attached hydrogens (tertiary/aromatic N) is 4. The quantitative estimate of drug-likeness (QED) is 0.667. The summed E-state index contributed by atoms with van der Waals surface area (Å²) in [7, 11) is 0. The fourth-order valence-electron chi connectivity index (χ4n) is 2.46. The Morgan fingerprint density at radius 2 is 2.20 bits per heavy atom. The topological polar surface area (TPSA) is 90.3 Å². The standard InChI is InChI=1S/C12H19N7O/c1-9-15-10(8-11-16-17-12(20)19(9)11)14-4-7-18-5-2-13-3-6-18/h8,13-14H,2-7H2,1H3,(H,17,20). The first kappa shape index (κ1) is 13.1. The van der Waals surface area contributed by atoms with Gasteiger partial charge in [0, 0.05) is 45.3 Å². The van der Waals surface area contributed by atoms with Crippen LogP contribution in [0.5, 0.6) is 0 Å². The number of aromatic amines is 1. The van der Waals surface area contributed by atoms with Crippen molar-refractivity contribution in [1.29, 1.82) is 0 Å². The van der Waals surface area contributed by atoms with Crippen molar-refractivity contribution in [2.45, 2.75) is 6.92 Å². The van der Waals surface area contributed by atoms with Crippen LogP contribution in [-0.4, -0.2) is 63.8 Å². The molecule has 108 valence electrons. The SMILES string of the molecule is Cc1nc(NCCN2CCNCC2)cc2n[nH]c(=O)n12. The molecule has 2 aromatic rings. The van der Waals surface area contributed by atoms with Gasteiger partial charge in [-0.2, -0.15) is 5.10 Å². The Balaban J connectivity index is 1.64. The molecule has 1 aliphatic rings. The van der Waals surface area contributed by atoms with Gasteiger partial charge in [-0.25, -0.2) is 19.3 Å². The summed E-state index contributed by atoms with van der Waals surface area (Å²) >= 11 is 0. The lowest BCUT2D eigenvalue weighted by Crippen LogP contribution is -2.45. The van der Waals surface area contributed by atoms with Crippen LogP contribution >= 0.6 is 0 Å². The number of hydrogen-bond acceptors (Lipinski definition) is 6. The van der Waals surface area contributed by atoms with E-state index in [0.29, 0.717) is 11.5 Å². The van der Waals surface area contributed by atoms with E-state index in [0.717, 1.165) is 45.1 Å². The van der Waals surface area contributed by atoms with Gasteiger partial charge in [0.15, 0.2) is 5.65 Å². The largest absolute Gasteiger partial charge is 0.369 e. The molecule has 0 saturated carbocycles. The predicted octanol–water partition coefficient (Wildman–Crippen LogP) is -0.957. The van der Waals surface area contributed by atoms with E-state index in [2.05, 4.69) is 30.7 Å². The van der Waals surface area contributed by atoms with Crippen LogP contribution in [0.15, 0.2) is 10.9 Å². The molecule has 0 atom stereocenters. The van der Waals surface area contributed by atoms with Crippen LogP contribution in [0, 0.1) is 6.92 Å². The Kier molecular flexibility index (Phi) is 3.66. The molecule has 3 N–H and O–H groups in total. The molecule has 0 amide bonds. The summed E-state index contributed by atoms with van der Waals surface area (Å²) in [6.07, 6.45) is 0. The van der Waals surface area contributed by atoms with Gasteiger partial charge >= 0.3 is 5.69 Å². The molecule has 8 heteroatoms. The van der Waals surface area contributed by atoms with Crippen molar-refractivity contribution in [2.24, 2.45) is 0 Å². The highest BCUT2D eigenvalue weighted by Crippen LogP contribution is 2.07. The van der Waals surface area contributed by atoms with E-state index >= 15 is 0 Å². The Morgan fingerprint density at radius 3 is 3.00 bits per heavy atom. The van der Waals surface area contributed by atoms with Crippen molar-refractivity contribution < 1.29 is 0 Å². The van der Waals surface area contributed by atoms with Crippen molar-refractivity contribution in [3.63, 3.8) is 0 Å². The molecule has 0 unspecified atom stereocenters. The minimum atomic E-state index is -0.252. The molecular weight excluding hydrogens is 258 g/mol. The van der Waals surface area contributed by atoms with Crippen LogP contribution in [0.4, 0.5) is 5.82 Å². The number of aryl methyl sites for hydroxylation is 1.